The van der Waals surface area contributed by atoms with Crippen molar-refractivity contribution in [1.29, 1.82) is 0 Å². The number of carbonyl (C=O) groups is 1. The third-order valence-corrected chi connectivity index (χ3v) is 4.44. The largest absolute Gasteiger partial charge is 0.355 e. The molecule has 2 aromatic rings. The Bertz CT molecular complexity index is 724. The number of hydrogen-bond donors (Lipinski definition) is 0. The molecular weight excluding hydrogens is 312 g/mol. The van der Waals surface area contributed by atoms with Crippen LogP contribution in [0.3, 0.4) is 0 Å². The van der Waals surface area contributed by atoms with Gasteiger partial charge in [0.05, 0.1) is 0 Å². The molecule has 0 radical (unpaired) electrons. The van der Waals surface area contributed by atoms with Crippen molar-refractivity contribution in [2.45, 2.75) is 32.6 Å². The highest BCUT2D eigenvalue weighted by atomic mass is 16.2. The van der Waals surface area contributed by atoms with Gasteiger partial charge in [-0.05, 0) is 24.6 Å². The van der Waals surface area contributed by atoms with E-state index >= 15 is 0 Å². The number of benzene rings is 1. The molecule has 3 rings (SSSR count). The molecule has 1 amide bonds. The smallest absolute Gasteiger partial charge is 0.253 e. The summed E-state index contributed by atoms with van der Waals surface area (Å²) in [6, 6.07) is 11.5. The Morgan fingerprint density at radius 2 is 1.76 bits per heavy atom. The number of anilines is 1. The Morgan fingerprint density at radius 1 is 1.00 bits per heavy atom. The number of aromatic nitrogens is 2. The minimum absolute atomic E-state index is 0.0723. The highest BCUT2D eigenvalue weighted by Crippen LogP contribution is 2.21. The van der Waals surface area contributed by atoms with Crippen LogP contribution in [-0.4, -0.2) is 47.0 Å². The van der Waals surface area contributed by atoms with Crippen molar-refractivity contribution in [2.75, 3.05) is 31.1 Å². The summed E-state index contributed by atoms with van der Waals surface area (Å²) >= 11 is 0. The Balaban J connectivity index is 1.71. The molecule has 1 aromatic carbocycles. The molecule has 0 bridgehead atoms. The van der Waals surface area contributed by atoms with Gasteiger partial charge in [-0.25, -0.2) is 9.97 Å². The van der Waals surface area contributed by atoms with Gasteiger partial charge in [0.25, 0.3) is 5.91 Å². The number of nitrogens with zero attached hydrogens (tertiary/aromatic N) is 4. The van der Waals surface area contributed by atoms with E-state index in [-0.39, 0.29) is 11.3 Å². The zero-order valence-electron chi connectivity index (χ0n) is 15.3. The Labute approximate surface area is 149 Å². The number of hydrogen-bond acceptors (Lipinski definition) is 4. The van der Waals surface area contributed by atoms with E-state index in [4.69, 9.17) is 4.98 Å². The van der Waals surface area contributed by atoms with Gasteiger partial charge in [0.1, 0.15) is 11.6 Å². The average molecular weight is 338 g/mol. The van der Waals surface area contributed by atoms with Crippen LogP contribution in [0.15, 0.2) is 42.6 Å². The van der Waals surface area contributed by atoms with Crippen LogP contribution in [0.2, 0.25) is 0 Å². The SMILES string of the molecule is CC(C)(C)c1nccc(N2CCCN(C(=O)c3ccccc3)CC2)n1. The van der Waals surface area contributed by atoms with Crippen LogP contribution in [0.25, 0.3) is 0 Å². The van der Waals surface area contributed by atoms with Crippen molar-refractivity contribution in [3.63, 3.8) is 0 Å². The normalized spacial score (nSPS) is 15.8. The van der Waals surface area contributed by atoms with E-state index in [0.29, 0.717) is 6.54 Å². The van der Waals surface area contributed by atoms with E-state index in [0.717, 1.165) is 43.3 Å². The van der Waals surface area contributed by atoms with Gasteiger partial charge in [-0.3, -0.25) is 4.79 Å². The summed E-state index contributed by atoms with van der Waals surface area (Å²) in [5.74, 6) is 1.92. The van der Waals surface area contributed by atoms with Gasteiger partial charge in [0.15, 0.2) is 0 Å². The van der Waals surface area contributed by atoms with Gasteiger partial charge in [-0.2, -0.15) is 0 Å². The summed E-state index contributed by atoms with van der Waals surface area (Å²) in [6.07, 6.45) is 2.77. The second kappa shape index (κ2) is 7.21. The van der Waals surface area contributed by atoms with Crippen molar-refractivity contribution in [3.05, 3.63) is 54.0 Å². The molecule has 1 aliphatic heterocycles. The van der Waals surface area contributed by atoms with Gasteiger partial charge in [0.2, 0.25) is 0 Å². The van der Waals surface area contributed by atoms with Crippen molar-refractivity contribution >= 4 is 11.7 Å². The minimum atomic E-state index is -0.0723. The van der Waals surface area contributed by atoms with Crippen molar-refractivity contribution < 1.29 is 4.79 Å². The van der Waals surface area contributed by atoms with E-state index in [1.807, 2.05) is 47.5 Å². The molecule has 132 valence electrons. The average Bonchev–Trinajstić information content (AvgIpc) is 2.87. The fourth-order valence-corrected chi connectivity index (χ4v) is 3.00. The summed E-state index contributed by atoms with van der Waals surface area (Å²) in [6.45, 7) is 9.54. The lowest BCUT2D eigenvalue weighted by atomic mass is 9.96. The topological polar surface area (TPSA) is 49.3 Å². The molecule has 0 aliphatic carbocycles. The second-order valence-electron chi connectivity index (χ2n) is 7.49. The maximum Gasteiger partial charge on any atom is 0.253 e. The monoisotopic (exact) mass is 338 g/mol. The maximum absolute atomic E-state index is 12.7. The van der Waals surface area contributed by atoms with Gasteiger partial charge in [-0.1, -0.05) is 39.0 Å². The van der Waals surface area contributed by atoms with E-state index < -0.39 is 0 Å². The lowest BCUT2D eigenvalue weighted by Crippen LogP contribution is -2.35. The van der Waals surface area contributed by atoms with Crippen molar-refractivity contribution in [3.8, 4) is 0 Å². The molecule has 0 atom stereocenters. The second-order valence-corrected chi connectivity index (χ2v) is 7.49. The van der Waals surface area contributed by atoms with Crippen LogP contribution in [-0.2, 0) is 5.41 Å². The number of amides is 1. The summed E-state index contributed by atoms with van der Waals surface area (Å²) in [5.41, 5.74) is 0.685. The van der Waals surface area contributed by atoms with Gasteiger partial charge < -0.3 is 9.80 Å². The third-order valence-electron chi connectivity index (χ3n) is 4.44. The molecule has 1 aromatic heterocycles. The fourth-order valence-electron chi connectivity index (χ4n) is 3.00. The zero-order valence-corrected chi connectivity index (χ0v) is 15.3. The molecule has 25 heavy (non-hydrogen) atoms. The highest BCUT2D eigenvalue weighted by molar-refractivity contribution is 5.94. The molecule has 2 heterocycles. The molecular formula is C20H26N4O. The summed E-state index contributed by atoms with van der Waals surface area (Å²) in [5, 5.41) is 0. The van der Waals surface area contributed by atoms with Crippen molar-refractivity contribution in [2.24, 2.45) is 0 Å². The van der Waals surface area contributed by atoms with Gasteiger partial charge in [0, 0.05) is 43.4 Å². The van der Waals surface area contributed by atoms with Crippen LogP contribution < -0.4 is 4.90 Å². The Morgan fingerprint density at radius 3 is 2.48 bits per heavy atom. The molecule has 1 aliphatic rings. The quantitative estimate of drug-likeness (QED) is 0.844. The molecule has 0 unspecified atom stereocenters. The number of carbonyl (C=O) groups excluding carboxylic acids is 1. The van der Waals surface area contributed by atoms with Crippen molar-refractivity contribution in [1.82, 2.24) is 14.9 Å². The van der Waals surface area contributed by atoms with E-state index in [1.165, 1.54) is 0 Å². The summed E-state index contributed by atoms with van der Waals surface area (Å²) in [7, 11) is 0. The predicted molar refractivity (Wildman–Crippen MR) is 99.9 cm³/mol. The van der Waals surface area contributed by atoms with Crippen LogP contribution >= 0.6 is 0 Å². The van der Waals surface area contributed by atoms with Gasteiger partial charge in [-0.15, -0.1) is 0 Å². The Hall–Kier alpha value is -2.43. The first-order valence-corrected chi connectivity index (χ1v) is 8.88. The molecule has 0 spiro atoms. The molecule has 5 nitrogen and oxygen atoms in total. The first kappa shape index (κ1) is 17.4. The van der Waals surface area contributed by atoms with Crippen LogP contribution in [0.4, 0.5) is 5.82 Å². The fraction of sp³-hybridized carbons (Fsp3) is 0.450. The molecule has 1 saturated heterocycles. The lowest BCUT2D eigenvalue weighted by molar-refractivity contribution is 0.0767. The van der Waals surface area contributed by atoms with E-state index in [9.17, 15) is 4.79 Å². The predicted octanol–water partition coefficient (Wildman–Crippen LogP) is 3.13. The highest BCUT2D eigenvalue weighted by Gasteiger charge is 2.22. The zero-order chi connectivity index (χ0) is 17.9. The minimum Gasteiger partial charge on any atom is -0.355 e. The first-order valence-electron chi connectivity index (χ1n) is 8.88. The summed E-state index contributed by atoms with van der Waals surface area (Å²) < 4.78 is 0. The molecule has 5 heteroatoms. The first-order chi connectivity index (χ1) is 11.9. The third kappa shape index (κ3) is 4.16. The molecule has 0 N–H and O–H groups in total. The maximum atomic E-state index is 12.7. The van der Waals surface area contributed by atoms with Gasteiger partial charge >= 0.3 is 0 Å². The molecule has 0 saturated carbocycles. The standard InChI is InChI=1S/C20H26N4O/c1-20(2,3)19-21-11-10-17(22-19)23-12-7-13-24(15-14-23)18(25)16-8-5-4-6-9-16/h4-6,8-11H,7,12-15H2,1-3H3. The number of rotatable bonds is 2. The van der Waals surface area contributed by atoms with E-state index in [2.05, 4.69) is 30.7 Å². The Kier molecular flexibility index (Phi) is 5.02. The van der Waals surface area contributed by atoms with Crippen LogP contribution in [0.1, 0.15) is 43.4 Å². The van der Waals surface area contributed by atoms with E-state index in [1.54, 1.807) is 0 Å². The lowest BCUT2D eigenvalue weighted by Gasteiger charge is -2.24. The van der Waals surface area contributed by atoms with Crippen LogP contribution in [0.5, 0.6) is 0 Å². The van der Waals surface area contributed by atoms with Crippen LogP contribution in [0, 0.1) is 0 Å². The molecule has 1 fully saturated rings. The summed E-state index contributed by atoms with van der Waals surface area (Å²) in [4.78, 5) is 26.0.